The second kappa shape index (κ2) is 6.98. The topological polar surface area (TPSA) is 21.7 Å². The molecule has 0 amide bonds. The molecule has 1 heterocycles. The van der Waals surface area contributed by atoms with E-state index in [1.807, 2.05) is 0 Å². The average molecular weight is 199 g/mol. The van der Waals surface area contributed by atoms with Crippen LogP contribution >= 0.6 is 0 Å². The minimum absolute atomic E-state index is 0.246. The Bertz CT molecular complexity index is 159. The molecule has 1 fully saturated rings. The molecule has 0 spiro atoms. The fraction of sp³-hybridized carbons (Fsp3) is 0.818. The molecule has 0 aromatic rings. The summed E-state index contributed by atoms with van der Waals surface area (Å²) in [6.07, 6.45) is 3.22. The number of morpholine rings is 1. The van der Waals surface area contributed by atoms with Crippen molar-refractivity contribution in [1.82, 2.24) is 4.90 Å². The third-order valence-electron chi connectivity index (χ3n) is 2.30. The van der Waals surface area contributed by atoms with Crippen LogP contribution in [0, 0.1) is 0 Å². The van der Waals surface area contributed by atoms with Gasteiger partial charge >= 0.3 is 0 Å². The second-order valence-electron chi connectivity index (χ2n) is 3.62. The highest BCUT2D eigenvalue weighted by atomic mass is 16.5. The zero-order valence-corrected chi connectivity index (χ0v) is 9.08. The van der Waals surface area contributed by atoms with Gasteiger partial charge in [0.25, 0.3) is 0 Å². The third kappa shape index (κ3) is 4.22. The number of ether oxygens (including phenoxy) is 2. The lowest BCUT2D eigenvalue weighted by molar-refractivity contribution is -0.0653. The van der Waals surface area contributed by atoms with E-state index in [9.17, 15) is 0 Å². The lowest BCUT2D eigenvalue weighted by atomic mass is 10.2. The number of hydrogen-bond donors (Lipinski definition) is 0. The molecule has 1 rings (SSSR count). The molecule has 1 atom stereocenters. The summed E-state index contributed by atoms with van der Waals surface area (Å²) >= 11 is 0. The highest BCUT2D eigenvalue weighted by Gasteiger charge is 2.19. The van der Waals surface area contributed by atoms with E-state index >= 15 is 0 Å². The predicted molar refractivity (Wildman–Crippen MR) is 57.5 cm³/mol. The monoisotopic (exact) mass is 199 g/mol. The van der Waals surface area contributed by atoms with Gasteiger partial charge in [0, 0.05) is 13.1 Å². The van der Waals surface area contributed by atoms with Gasteiger partial charge in [0.2, 0.25) is 0 Å². The summed E-state index contributed by atoms with van der Waals surface area (Å²) in [6, 6.07) is 0. The first-order valence-corrected chi connectivity index (χ1v) is 5.39. The van der Waals surface area contributed by atoms with Crippen LogP contribution in [0.15, 0.2) is 12.7 Å². The first-order chi connectivity index (χ1) is 6.86. The number of nitrogens with zero attached hydrogens (tertiary/aromatic N) is 1. The molecule has 3 heteroatoms. The molecular formula is C11H21NO2. The lowest BCUT2D eigenvalue weighted by Gasteiger charge is -2.32. The Morgan fingerprint density at radius 3 is 3.21 bits per heavy atom. The van der Waals surface area contributed by atoms with Gasteiger partial charge in [-0.1, -0.05) is 13.0 Å². The maximum absolute atomic E-state index is 5.60. The Morgan fingerprint density at radius 2 is 2.50 bits per heavy atom. The Morgan fingerprint density at radius 1 is 1.64 bits per heavy atom. The standard InChI is InChI=1S/C11H21NO2/c1-3-5-12-6-8-14-11(9-12)10-13-7-4-2/h4,11H,2-3,5-10H2,1H3. The zero-order valence-electron chi connectivity index (χ0n) is 9.08. The molecule has 1 unspecified atom stereocenters. The van der Waals surface area contributed by atoms with Crippen LogP contribution in [0.25, 0.3) is 0 Å². The summed E-state index contributed by atoms with van der Waals surface area (Å²) in [6.45, 7) is 11.2. The summed E-state index contributed by atoms with van der Waals surface area (Å²) in [5.41, 5.74) is 0. The molecule has 14 heavy (non-hydrogen) atoms. The lowest BCUT2D eigenvalue weighted by Crippen LogP contribution is -2.44. The molecule has 0 aliphatic carbocycles. The van der Waals surface area contributed by atoms with Crippen molar-refractivity contribution < 1.29 is 9.47 Å². The molecule has 0 aromatic heterocycles. The third-order valence-corrected chi connectivity index (χ3v) is 2.30. The van der Waals surface area contributed by atoms with Crippen molar-refractivity contribution in [3.05, 3.63) is 12.7 Å². The van der Waals surface area contributed by atoms with Crippen LogP contribution in [-0.2, 0) is 9.47 Å². The molecule has 0 radical (unpaired) electrons. The Kier molecular flexibility index (Phi) is 5.83. The van der Waals surface area contributed by atoms with E-state index in [2.05, 4.69) is 18.4 Å². The van der Waals surface area contributed by atoms with Crippen molar-refractivity contribution in [1.29, 1.82) is 0 Å². The van der Waals surface area contributed by atoms with Crippen molar-refractivity contribution >= 4 is 0 Å². The van der Waals surface area contributed by atoms with Gasteiger partial charge in [-0.15, -0.1) is 6.58 Å². The van der Waals surface area contributed by atoms with Crippen molar-refractivity contribution in [3.8, 4) is 0 Å². The normalized spacial score (nSPS) is 23.6. The second-order valence-corrected chi connectivity index (χ2v) is 3.62. The quantitative estimate of drug-likeness (QED) is 0.475. The van der Waals surface area contributed by atoms with Crippen molar-refractivity contribution in [3.63, 3.8) is 0 Å². The molecular weight excluding hydrogens is 178 g/mol. The predicted octanol–water partition coefficient (Wildman–Crippen LogP) is 1.30. The minimum atomic E-state index is 0.246. The Labute approximate surface area is 86.7 Å². The van der Waals surface area contributed by atoms with E-state index in [0.717, 1.165) is 19.7 Å². The van der Waals surface area contributed by atoms with Crippen LogP contribution in [0.3, 0.4) is 0 Å². The first kappa shape index (κ1) is 11.7. The fourth-order valence-corrected chi connectivity index (χ4v) is 1.68. The summed E-state index contributed by atoms with van der Waals surface area (Å²) in [7, 11) is 0. The van der Waals surface area contributed by atoms with Crippen LogP contribution in [0.5, 0.6) is 0 Å². The fourth-order valence-electron chi connectivity index (χ4n) is 1.68. The number of rotatable bonds is 6. The van der Waals surface area contributed by atoms with Crippen molar-refractivity contribution in [2.45, 2.75) is 19.4 Å². The van der Waals surface area contributed by atoms with E-state index in [0.29, 0.717) is 13.2 Å². The molecule has 1 aliphatic rings. The van der Waals surface area contributed by atoms with E-state index < -0.39 is 0 Å². The Hall–Kier alpha value is -0.380. The van der Waals surface area contributed by atoms with Gasteiger partial charge in [0.05, 0.1) is 25.9 Å². The molecule has 3 nitrogen and oxygen atoms in total. The summed E-state index contributed by atoms with van der Waals surface area (Å²) in [5, 5.41) is 0. The SMILES string of the molecule is C=CCOCC1CN(CCC)CCO1. The van der Waals surface area contributed by atoms with Crippen LogP contribution in [-0.4, -0.2) is 50.5 Å². The van der Waals surface area contributed by atoms with Gasteiger partial charge in [-0.05, 0) is 13.0 Å². The smallest absolute Gasteiger partial charge is 0.0935 e. The molecule has 0 saturated carbocycles. The van der Waals surface area contributed by atoms with Crippen molar-refractivity contribution in [2.75, 3.05) is 39.5 Å². The largest absolute Gasteiger partial charge is 0.375 e. The van der Waals surface area contributed by atoms with Gasteiger partial charge < -0.3 is 9.47 Å². The molecule has 1 saturated heterocycles. The summed E-state index contributed by atoms with van der Waals surface area (Å²) in [5.74, 6) is 0. The average Bonchev–Trinajstić information content (AvgIpc) is 2.19. The molecule has 0 N–H and O–H groups in total. The van der Waals surface area contributed by atoms with Gasteiger partial charge in [-0.25, -0.2) is 0 Å². The summed E-state index contributed by atoms with van der Waals surface area (Å²) < 4.78 is 11.0. The molecule has 82 valence electrons. The first-order valence-electron chi connectivity index (χ1n) is 5.39. The minimum Gasteiger partial charge on any atom is -0.375 e. The van der Waals surface area contributed by atoms with Crippen LogP contribution in [0.2, 0.25) is 0 Å². The highest BCUT2D eigenvalue weighted by molar-refractivity contribution is 4.72. The van der Waals surface area contributed by atoms with Crippen molar-refractivity contribution in [2.24, 2.45) is 0 Å². The van der Waals surface area contributed by atoms with Gasteiger partial charge in [0.1, 0.15) is 0 Å². The summed E-state index contributed by atoms with van der Waals surface area (Å²) in [4.78, 5) is 2.44. The van der Waals surface area contributed by atoms with Gasteiger partial charge in [-0.2, -0.15) is 0 Å². The van der Waals surface area contributed by atoms with Gasteiger partial charge in [-0.3, -0.25) is 4.90 Å². The maximum atomic E-state index is 5.60. The van der Waals surface area contributed by atoms with Crippen LogP contribution < -0.4 is 0 Å². The van der Waals surface area contributed by atoms with E-state index in [4.69, 9.17) is 9.47 Å². The number of hydrogen-bond acceptors (Lipinski definition) is 3. The Balaban J connectivity index is 2.15. The zero-order chi connectivity index (χ0) is 10.2. The van der Waals surface area contributed by atoms with Crippen LogP contribution in [0.1, 0.15) is 13.3 Å². The molecule has 0 bridgehead atoms. The van der Waals surface area contributed by atoms with E-state index in [-0.39, 0.29) is 6.10 Å². The molecule has 1 aliphatic heterocycles. The maximum Gasteiger partial charge on any atom is 0.0935 e. The highest BCUT2D eigenvalue weighted by Crippen LogP contribution is 2.06. The van der Waals surface area contributed by atoms with Gasteiger partial charge in [0.15, 0.2) is 0 Å². The molecule has 0 aromatic carbocycles. The van der Waals surface area contributed by atoms with E-state index in [1.165, 1.54) is 13.0 Å². The van der Waals surface area contributed by atoms with Crippen LogP contribution in [0.4, 0.5) is 0 Å². The van der Waals surface area contributed by atoms with E-state index in [1.54, 1.807) is 6.08 Å².